The van der Waals surface area contributed by atoms with Crippen LogP contribution in [0.15, 0.2) is 18.2 Å². The minimum atomic E-state index is 0.0481. The molecule has 0 atom stereocenters. The highest BCUT2D eigenvalue weighted by Crippen LogP contribution is 2.26. The van der Waals surface area contributed by atoms with Crippen LogP contribution in [0.4, 0.5) is 4.79 Å². The van der Waals surface area contributed by atoms with Gasteiger partial charge in [0.05, 0.1) is 26.3 Å². The monoisotopic (exact) mass is 359 g/mol. The lowest BCUT2D eigenvalue weighted by Gasteiger charge is -2.27. The van der Waals surface area contributed by atoms with Gasteiger partial charge in [-0.2, -0.15) is 0 Å². The molecule has 6 heteroatoms. The van der Waals surface area contributed by atoms with Crippen molar-refractivity contribution in [3.63, 3.8) is 0 Å². The van der Waals surface area contributed by atoms with Crippen molar-refractivity contribution in [2.75, 3.05) is 39.5 Å². The molecule has 2 aliphatic heterocycles. The highest BCUT2D eigenvalue weighted by molar-refractivity contribution is 5.74. The minimum Gasteiger partial charge on any atom is -0.491 e. The third-order valence-electron chi connectivity index (χ3n) is 5.58. The zero-order chi connectivity index (χ0) is 17.8. The van der Waals surface area contributed by atoms with Gasteiger partial charge in [0.1, 0.15) is 12.4 Å². The fraction of sp³-hybridized carbons (Fsp3) is 0.650. The average molecular weight is 359 g/mol. The highest BCUT2D eigenvalue weighted by atomic mass is 16.5. The number of nitrogens with one attached hydrogen (secondary N) is 1. The maximum absolute atomic E-state index is 12.7. The van der Waals surface area contributed by atoms with Crippen LogP contribution >= 0.6 is 0 Å². The number of fused-ring (bicyclic) bond motifs is 1. The first kappa shape index (κ1) is 17.6. The first-order chi connectivity index (χ1) is 12.8. The summed E-state index contributed by atoms with van der Waals surface area (Å²) in [6, 6.07) is 6.79. The van der Waals surface area contributed by atoms with E-state index in [-0.39, 0.29) is 6.03 Å². The Morgan fingerprint density at radius 1 is 1.12 bits per heavy atom. The number of amides is 2. The van der Waals surface area contributed by atoms with E-state index in [0.717, 1.165) is 57.0 Å². The summed E-state index contributed by atoms with van der Waals surface area (Å²) in [7, 11) is 0. The fourth-order valence-electron chi connectivity index (χ4n) is 4.07. The molecule has 0 bridgehead atoms. The van der Waals surface area contributed by atoms with E-state index in [0.29, 0.717) is 25.7 Å². The Bertz CT molecular complexity index is 625. The lowest BCUT2D eigenvalue weighted by Crippen LogP contribution is -2.44. The largest absolute Gasteiger partial charge is 0.491 e. The van der Waals surface area contributed by atoms with Crippen molar-refractivity contribution in [2.24, 2.45) is 0 Å². The van der Waals surface area contributed by atoms with Gasteiger partial charge >= 0.3 is 6.03 Å². The molecule has 142 valence electrons. The molecule has 0 radical (unpaired) electrons. The average Bonchev–Trinajstić information content (AvgIpc) is 3.07. The normalized spacial score (nSPS) is 21.8. The molecule has 1 aromatic rings. The molecular formula is C20H29N3O3. The van der Waals surface area contributed by atoms with Crippen molar-refractivity contribution in [1.82, 2.24) is 15.1 Å². The molecule has 2 fully saturated rings. The number of hydrogen-bond donors (Lipinski definition) is 1. The molecule has 0 aromatic heterocycles. The summed E-state index contributed by atoms with van der Waals surface area (Å²) >= 11 is 0. The Balaban J connectivity index is 1.42. The maximum Gasteiger partial charge on any atom is 0.318 e. The smallest absolute Gasteiger partial charge is 0.318 e. The predicted molar refractivity (Wildman–Crippen MR) is 99.2 cm³/mol. The summed E-state index contributed by atoms with van der Waals surface area (Å²) in [6.45, 7) is 6.29. The number of benzene rings is 1. The second-order valence-electron chi connectivity index (χ2n) is 7.53. The summed E-state index contributed by atoms with van der Waals surface area (Å²) in [5, 5.41) is 3.20. The second-order valence-corrected chi connectivity index (χ2v) is 7.53. The quantitative estimate of drug-likeness (QED) is 0.900. The van der Waals surface area contributed by atoms with Gasteiger partial charge < -0.3 is 19.7 Å². The van der Waals surface area contributed by atoms with Crippen LogP contribution in [0, 0.1) is 0 Å². The van der Waals surface area contributed by atoms with E-state index in [2.05, 4.69) is 28.4 Å². The molecule has 1 aromatic carbocycles. The summed E-state index contributed by atoms with van der Waals surface area (Å²) in [5.41, 5.74) is 2.38. The standard InChI is InChI=1S/C20H29N3O3/c24-20(21-18-3-1-2-4-18)23-9-12-26-19-6-5-16(13-17(19)15-23)14-22-7-10-25-11-8-22/h5-6,13,18H,1-4,7-12,14-15H2,(H,21,24). The van der Waals surface area contributed by atoms with E-state index in [1.165, 1.54) is 18.4 Å². The third kappa shape index (κ3) is 4.30. The molecule has 1 saturated heterocycles. The number of nitrogens with zero attached hydrogens (tertiary/aromatic N) is 2. The number of rotatable bonds is 3. The van der Waals surface area contributed by atoms with E-state index in [1.807, 2.05) is 4.90 Å². The van der Waals surface area contributed by atoms with Crippen molar-refractivity contribution in [1.29, 1.82) is 0 Å². The number of urea groups is 1. The molecule has 2 amide bonds. The molecule has 0 spiro atoms. The minimum absolute atomic E-state index is 0.0481. The van der Waals surface area contributed by atoms with Gasteiger partial charge in [0.15, 0.2) is 0 Å². The van der Waals surface area contributed by atoms with E-state index >= 15 is 0 Å². The Labute approximate surface area is 155 Å². The van der Waals surface area contributed by atoms with Crippen LogP contribution in [0.25, 0.3) is 0 Å². The Hall–Kier alpha value is -1.79. The summed E-state index contributed by atoms with van der Waals surface area (Å²) in [4.78, 5) is 17.0. The van der Waals surface area contributed by atoms with Crippen molar-refractivity contribution in [2.45, 2.75) is 44.8 Å². The van der Waals surface area contributed by atoms with Crippen molar-refractivity contribution in [3.05, 3.63) is 29.3 Å². The number of morpholine rings is 1. The number of carbonyl (C=O) groups excluding carboxylic acids is 1. The Morgan fingerprint density at radius 3 is 2.73 bits per heavy atom. The lowest BCUT2D eigenvalue weighted by molar-refractivity contribution is 0.0342. The molecule has 4 rings (SSSR count). The van der Waals surface area contributed by atoms with E-state index in [1.54, 1.807) is 0 Å². The number of hydrogen-bond acceptors (Lipinski definition) is 4. The topological polar surface area (TPSA) is 54.0 Å². The Morgan fingerprint density at radius 2 is 1.92 bits per heavy atom. The second kappa shape index (κ2) is 8.27. The molecule has 26 heavy (non-hydrogen) atoms. The number of carbonyl (C=O) groups is 1. The van der Waals surface area contributed by atoms with Crippen LogP contribution in [-0.2, 0) is 17.8 Å². The summed E-state index contributed by atoms with van der Waals surface area (Å²) < 4.78 is 11.3. The van der Waals surface area contributed by atoms with Crippen LogP contribution in [0.1, 0.15) is 36.8 Å². The van der Waals surface area contributed by atoms with Crippen molar-refractivity contribution < 1.29 is 14.3 Å². The lowest BCUT2D eigenvalue weighted by atomic mass is 10.1. The van der Waals surface area contributed by atoms with Gasteiger partial charge in [0.2, 0.25) is 0 Å². The maximum atomic E-state index is 12.7. The molecule has 1 saturated carbocycles. The van der Waals surface area contributed by atoms with Crippen molar-refractivity contribution >= 4 is 6.03 Å². The van der Waals surface area contributed by atoms with Gasteiger partial charge in [-0.3, -0.25) is 4.90 Å². The fourth-order valence-corrected chi connectivity index (χ4v) is 4.07. The molecule has 0 unspecified atom stereocenters. The zero-order valence-corrected chi connectivity index (χ0v) is 15.4. The number of ether oxygens (including phenoxy) is 2. The Kier molecular flexibility index (Phi) is 5.60. The summed E-state index contributed by atoms with van der Waals surface area (Å²) in [6.07, 6.45) is 4.66. The predicted octanol–water partition coefficient (Wildman–Crippen LogP) is 2.37. The zero-order valence-electron chi connectivity index (χ0n) is 15.4. The van der Waals surface area contributed by atoms with Gasteiger partial charge in [-0.1, -0.05) is 18.9 Å². The summed E-state index contributed by atoms with van der Waals surface area (Å²) in [5.74, 6) is 0.909. The molecule has 3 aliphatic rings. The van der Waals surface area contributed by atoms with E-state index < -0.39 is 0 Å². The van der Waals surface area contributed by atoms with Crippen LogP contribution in [0.2, 0.25) is 0 Å². The van der Waals surface area contributed by atoms with Crippen LogP contribution in [-0.4, -0.2) is 61.3 Å². The van der Waals surface area contributed by atoms with Crippen LogP contribution in [0.5, 0.6) is 5.75 Å². The van der Waals surface area contributed by atoms with Gasteiger partial charge in [0, 0.05) is 31.2 Å². The van der Waals surface area contributed by atoms with Gasteiger partial charge in [-0.25, -0.2) is 4.79 Å². The van der Waals surface area contributed by atoms with Crippen molar-refractivity contribution in [3.8, 4) is 5.75 Å². The third-order valence-corrected chi connectivity index (χ3v) is 5.58. The first-order valence-corrected chi connectivity index (χ1v) is 9.88. The van der Waals surface area contributed by atoms with E-state index in [4.69, 9.17) is 9.47 Å². The van der Waals surface area contributed by atoms with Gasteiger partial charge in [-0.05, 0) is 30.5 Å². The van der Waals surface area contributed by atoms with Crippen LogP contribution < -0.4 is 10.1 Å². The molecule has 1 aliphatic carbocycles. The molecule has 1 N–H and O–H groups in total. The van der Waals surface area contributed by atoms with Gasteiger partial charge in [-0.15, -0.1) is 0 Å². The van der Waals surface area contributed by atoms with Gasteiger partial charge in [0.25, 0.3) is 0 Å². The molecule has 6 nitrogen and oxygen atoms in total. The van der Waals surface area contributed by atoms with Crippen LogP contribution in [0.3, 0.4) is 0 Å². The molecule has 2 heterocycles. The highest BCUT2D eigenvalue weighted by Gasteiger charge is 2.24. The van der Waals surface area contributed by atoms with E-state index in [9.17, 15) is 4.79 Å². The SMILES string of the molecule is O=C(NC1CCCC1)N1CCOc2ccc(CN3CCOCC3)cc2C1. The molecular weight excluding hydrogens is 330 g/mol. The first-order valence-electron chi connectivity index (χ1n) is 9.88.